The molecule has 1 unspecified atom stereocenters. The molecule has 2 N–H and O–H groups in total. The van der Waals surface area contributed by atoms with Crippen molar-refractivity contribution < 1.29 is 9.53 Å². The van der Waals surface area contributed by atoms with E-state index in [1.54, 1.807) is 23.3 Å². The quantitative estimate of drug-likeness (QED) is 0.868. The number of hydrogen-bond donors (Lipinski definition) is 1. The van der Waals surface area contributed by atoms with Crippen LogP contribution in [0.5, 0.6) is 0 Å². The zero-order valence-electron chi connectivity index (χ0n) is 12.2. The number of nitrogens with zero attached hydrogens (tertiary/aromatic N) is 3. The van der Waals surface area contributed by atoms with Gasteiger partial charge in [-0.05, 0) is 6.92 Å². The number of nitrogens with two attached hydrogens (primary N) is 1. The summed E-state index contributed by atoms with van der Waals surface area (Å²) in [6, 6.07) is -0.557. The van der Waals surface area contributed by atoms with E-state index in [0.717, 1.165) is 18.2 Å². The standard InChI is InChI=1S/C12H20N4O2S.2ClH/c1-9-7-14-12(19-9)16-5-3-15(4-6-16)11(17)10(13)8-18-2;;/h7,10H,3-6,8,13H2,1-2H3;2*1H. The third kappa shape index (κ3) is 5.27. The van der Waals surface area contributed by atoms with Gasteiger partial charge in [-0.25, -0.2) is 4.98 Å². The van der Waals surface area contributed by atoms with Crippen molar-refractivity contribution in [2.24, 2.45) is 5.73 Å². The molecule has 0 aliphatic carbocycles. The fourth-order valence-corrected chi connectivity index (χ4v) is 2.90. The van der Waals surface area contributed by atoms with Gasteiger partial charge in [-0.2, -0.15) is 0 Å². The van der Waals surface area contributed by atoms with Gasteiger partial charge in [-0.3, -0.25) is 4.79 Å². The fourth-order valence-electron chi connectivity index (χ4n) is 2.09. The summed E-state index contributed by atoms with van der Waals surface area (Å²) in [4.78, 5) is 21.6. The Balaban J connectivity index is 0.00000200. The van der Waals surface area contributed by atoms with Crippen LogP contribution in [0, 0.1) is 6.92 Å². The molecule has 21 heavy (non-hydrogen) atoms. The molecule has 1 aromatic rings. The summed E-state index contributed by atoms with van der Waals surface area (Å²) >= 11 is 1.68. The smallest absolute Gasteiger partial charge is 0.241 e. The Morgan fingerprint density at radius 1 is 1.43 bits per heavy atom. The largest absolute Gasteiger partial charge is 0.383 e. The van der Waals surface area contributed by atoms with Crippen LogP contribution in [0.15, 0.2) is 6.20 Å². The van der Waals surface area contributed by atoms with E-state index in [2.05, 4.69) is 9.88 Å². The predicted octanol–water partition coefficient (Wildman–Crippen LogP) is 0.917. The molecule has 1 aliphatic heterocycles. The van der Waals surface area contributed by atoms with E-state index in [-0.39, 0.29) is 37.3 Å². The van der Waals surface area contributed by atoms with E-state index in [9.17, 15) is 4.79 Å². The number of aromatic nitrogens is 1. The van der Waals surface area contributed by atoms with Gasteiger partial charge in [0.1, 0.15) is 6.04 Å². The fraction of sp³-hybridized carbons (Fsp3) is 0.667. The zero-order valence-corrected chi connectivity index (χ0v) is 14.6. The molecule has 0 bridgehead atoms. The Bertz CT molecular complexity index is 439. The van der Waals surface area contributed by atoms with Crippen LogP contribution >= 0.6 is 36.2 Å². The molecule has 1 atom stereocenters. The van der Waals surface area contributed by atoms with Crippen molar-refractivity contribution in [1.29, 1.82) is 0 Å². The van der Waals surface area contributed by atoms with Crippen LogP contribution in [0.3, 0.4) is 0 Å². The molecule has 0 saturated carbocycles. The van der Waals surface area contributed by atoms with E-state index >= 15 is 0 Å². The SMILES string of the molecule is COCC(N)C(=O)N1CCN(c2ncc(C)s2)CC1.Cl.Cl. The molecule has 0 spiro atoms. The second-order valence-corrected chi connectivity index (χ2v) is 5.84. The lowest BCUT2D eigenvalue weighted by Crippen LogP contribution is -2.54. The molecule has 0 radical (unpaired) electrons. The highest BCUT2D eigenvalue weighted by molar-refractivity contribution is 7.15. The molecule has 2 heterocycles. The van der Waals surface area contributed by atoms with Gasteiger partial charge in [0.25, 0.3) is 0 Å². The van der Waals surface area contributed by atoms with Gasteiger partial charge in [-0.1, -0.05) is 0 Å². The van der Waals surface area contributed by atoms with Crippen molar-refractivity contribution >= 4 is 47.2 Å². The van der Waals surface area contributed by atoms with Gasteiger partial charge >= 0.3 is 0 Å². The first-order valence-electron chi connectivity index (χ1n) is 6.32. The molecule has 1 aliphatic rings. The van der Waals surface area contributed by atoms with Crippen molar-refractivity contribution in [1.82, 2.24) is 9.88 Å². The molecule has 9 heteroatoms. The van der Waals surface area contributed by atoms with Crippen LogP contribution in [0.4, 0.5) is 5.13 Å². The maximum Gasteiger partial charge on any atom is 0.241 e. The monoisotopic (exact) mass is 356 g/mol. The number of piperazine rings is 1. The van der Waals surface area contributed by atoms with Gasteiger partial charge in [0.05, 0.1) is 6.61 Å². The number of amides is 1. The van der Waals surface area contributed by atoms with Crippen LogP contribution in [0.25, 0.3) is 0 Å². The number of hydrogen-bond acceptors (Lipinski definition) is 6. The Hall–Kier alpha value is -0.600. The minimum Gasteiger partial charge on any atom is -0.383 e. The van der Waals surface area contributed by atoms with Gasteiger partial charge in [-0.15, -0.1) is 36.2 Å². The molecule has 1 amide bonds. The number of carbonyl (C=O) groups excluding carboxylic acids is 1. The van der Waals surface area contributed by atoms with E-state index in [4.69, 9.17) is 10.5 Å². The summed E-state index contributed by atoms with van der Waals surface area (Å²) in [6.07, 6.45) is 1.88. The molecule has 1 fully saturated rings. The summed E-state index contributed by atoms with van der Waals surface area (Å²) in [5.41, 5.74) is 5.77. The molecule has 2 rings (SSSR count). The number of anilines is 1. The Kier molecular flexibility index (Phi) is 9.15. The van der Waals surface area contributed by atoms with Crippen LogP contribution in [-0.4, -0.2) is 61.7 Å². The summed E-state index contributed by atoms with van der Waals surface area (Å²) < 4.78 is 4.92. The molecule has 0 aromatic carbocycles. The lowest BCUT2D eigenvalue weighted by atomic mass is 10.2. The number of thiazole rings is 1. The molecule has 122 valence electrons. The summed E-state index contributed by atoms with van der Waals surface area (Å²) in [5.74, 6) is -0.0307. The lowest BCUT2D eigenvalue weighted by molar-refractivity contribution is -0.134. The minimum atomic E-state index is -0.557. The van der Waals surface area contributed by atoms with E-state index in [0.29, 0.717) is 13.1 Å². The van der Waals surface area contributed by atoms with E-state index in [1.165, 1.54) is 4.88 Å². The summed E-state index contributed by atoms with van der Waals surface area (Å²) in [6.45, 7) is 5.30. The van der Waals surface area contributed by atoms with Crippen molar-refractivity contribution in [2.45, 2.75) is 13.0 Å². The second kappa shape index (κ2) is 9.42. The zero-order chi connectivity index (χ0) is 13.8. The number of carbonyl (C=O) groups is 1. The molecular weight excluding hydrogens is 335 g/mol. The van der Waals surface area contributed by atoms with Crippen LogP contribution in [-0.2, 0) is 9.53 Å². The third-order valence-corrected chi connectivity index (χ3v) is 4.11. The van der Waals surface area contributed by atoms with E-state index in [1.807, 2.05) is 13.1 Å². The van der Waals surface area contributed by atoms with Gasteiger partial charge < -0.3 is 20.3 Å². The lowest BCUT2D eigenvalue weighted by Gasteiger charge is -2.35. The van der Waals surface area contributed by atoms with Crippen molar-refractivity contribution in [3.05, 3.63) is 11.1 Å². The van der Waals surface area contributed by atoms with Crippen LogP contribution in [0.1, 0.15) is 4.88 Å². The normalized spacial score (nSPS) is 16.0. The van der Waals surface area contributed by atoms with Gasteiger partial charge in [0.2, 0.25) is 5.91 Å². The molecule has 1 saturated heterocycles. The number of methoxy groups -OCH3 is 1. The molecular formula is C12H22Cl2N4O2S. The van der Waals surface area contributed by atoms with Gasteiger partial charge in [0, 0.05) is 44.4 Å². The highest BCUT2D eigenvalue weighted by Crippen LogP contribution is 2.22. The maximum atomic E-state index is 12.0. The number of ether oxygens (including phenoxy) is 1. The van der Waals surface area contributed by atoms with Crippen LogP contribution < -0.4 is 10.6 Å². The second-order valence-electron chi connectivity index (χ2n) is 4.63. The first-order chi connectivity index (χ1) is 9.11. The average molecular weight is 357 g/mol. The van der Waals surface area contributed by atoms with Crippen molar-refractivity contribution in [3.8, 4) is 0 Å². The highest BCUT2D eigenvalue weighted by atomic mass is 35.5. The average Bonchev–Trinajstić information content (AvgIpc) is 2.85. The Labute approximate surface area is 141 Å². The molecule has 6 nitrogen and oxygen atoms in total. The Morgan fingerprint density at radius 3 is 2.52 bits per heavy atom. The highest BCUT2D eigenvalue weighted by Gasteiger charge is 2.26. The van der Waals surface area contributed by atoms with Crippen molar-refractivity contribution in [3.63, 3.8) is 0 Å². The first kappa shape index (κ1) is 20.4. The predicted molar refractivity (Wildman–Crippen MR) is 90.0 cm³/mol. The Morgan fingerprint density at radius 2 is 2.05 bits per heavy atom. The topological polar surface area (TPSA) is 71.7 Å². The maximum absolute atomic E-state index is 12.0. The number of rotatable bonds is 4. The minimum absolute atomic E-state index is 0. The third-order valence-electron chi connectivity index (χ3n) is 3.13. The summed E-state index contributed by atoms with van der Waals surface area (Å²) in [5, 5.41) is 1.03. The number of aryl methyl sites for hydroxylation is 1. The first-order valence-corrected chi connectivity index (χ1v) is 7.14. The molecule has 1 aromatic heterocycles. The van der Waals surface area contributed by atoms with Gasteiger partial charge in [0.15, 0.2) is 5.13 Å². The van der Waals surface area contributed by atoms with Crippen molar-refractivity contribution in [2.75, 3.05) is 44.8 Å². The summed E-state index contributed by atoms with van der Waals surface area (Å²) in [7, 11) is 1.55. The number of halogens is 2. The van der Waals surface area contributed by atoms with E-state index < -0.39 is 6.04 Å². The van der Waals surface area contributed by atoms with Crippen LogP contribution in [0.2, 0.25) is 0 Å².